The van der Waals surface area contributed by atoms with Crippen LogP contribution in [0.1, 0.15) is 74.7 Å². The first-order valence-electron chi connectivity index (χ1n) is 20.3. The maximum absolute atomic E-state index is 14.7. The number of aromatic nitrogens is 4. The van der Waals surface area contributed by atoms with E-state index in [0.717, 1.165) is 0 Å². The van der Waals surface area contributed by atoms with Gasteiger partial charge in [0.25, 0.3) is 0 Å². The lowest BCUT2D eigenvalue weighted by Gasteiger charge is -2.47. The number of carbonyl (C=O) groups excluding carboxylic acids is 4. The monoisotopic (exact) mass is 823 g/mol. The first-order chi connectivity index (χ1) is 27.8. The molecule has 0 radical (unpaired) electrons. The number of ketones is 2. The van der Waals surface area contributed by atoms with Crippen LogP contribution in [0.5, 0.6) is 0 Å². The molecule has 3 N–H and O–H groups in total. The van der Waals surface area contributed by atoms with Crippen molar-refractivity contribution >= 4 is 29.4 Å². The number of hydrogen-bond donors (Lipinski definition) is 2. The predicted molar refractivity (Wildman–Crippen MR) is 215 cm³/mol. The molecular weight excluding hydrogens is 763 g/mol. The van der Waals surface area contributed by atoms with Crippen molar-refractivity contribution in [3.63, 3.8) is 0 Å². The first-order valence-corrected chi connectivity index (χ1v) is 20.3. The predicted octanol–water partition coefficient (Wildman–Crippen LogP) is 3.13. The second-order valence-electron chi connectivity index (χ2n) is 16.9. The number of methoxy groups -OCH3 is 1. The Morgan fingerprint density at radius 2 is 1.71 bits per heavy atom. The molecule has 3 unspecified atom stereocenters. The normalized spacial score (nSPS) is 36.0. The lowest BCUT2D eigenvalue weighted by atomic mass is 9.73. The summed E-state index contributed by atoms with van der Waals surface area (Å²) in [6.07, 6.45) is -2.78. The van der Waals surface area contributed by atoms with E-state index in [2.05, 4.69) is 27.1 Å². The zero-order chi connectivity index (χ0) is 43.6. The van der Waals surface area contributed by atoms with Crippen molar-refractivity contribution in [1.82, 2.24) is 29.8 Å². The Morgan fingerprint density at radius 1 is 1.02 bits per heavy atom. The van der Waals surface area contributed by atoms with E-state index in [1.807, 2.05) is 25.9 Å². The van der Waals surface area contributed by atoms with Gasteiger partial charge in [0, 0.05) is 30.9 Å². The minimum atomic E-state index is -1.49. The summed E-state index contributed by atoms with van der Waals surface area (Å²) in [4.78, 5) is 64.3. The molecule has 5 heterocycles. The quantitative estimate of drug-likeness (QED) is 0.223. The Kier molecular flexibility index (Phi) is 14.2. The average Bonchev–Trinajstić information content (AvgIpc) is 3.77. The minimum absolute atomic E-state index is 0.0868. The molecule has 2 aromatic rings. The zero-order valence-electron chi connectivity index (χ0n) is 36.1. The Hall–Kier alpha value is -4.47. The molecule has 2 aromatic heterocycles. The highest BCUT2D eigenvalue weighted by atomic mass is 16.7. The van der Waals surface area contributed by atoms with Crippen molar-refractivity contribution in [2.45, 2.75) is 135 Å². The van der Waals surface area contributed by atoms with E-state index in [9.17, 15) is 24.3 Å². The fourth-order valence-electron chi connectivity index (χ4n) is 9.01. The maximum Gasteiger partial charge on any atom is 0.411 e. The van der Waals surface area contributed by atoms with E-state index in [0.29, 0.717) is 23.6 Å². The van der Waals surface area contributed by atoms with Crippen molar-refractivity contribution in [2.24, 2.45) is 23.7 Å². The van der Waals surface area contributed by atoms with Gasteiger partial charge in [-0.05, 0) is 73.2 Å². The molecule has 17 heteroatoms. The Bertz CT molecular complexity index is 1910. The lowest BCUT2D eigenvalue weighted by molar-refractivity contribution is -0.295. The summed E-state index contributed by atoms with van der Waals surface area (Å²) in [7, 11) is 5.19. The number of cyclic esters (lactones) is 1. The number of Topliss-reactive ketones (excluding diaryl/α,β-unsaturated/α-hetero) is 2. The van der Waals surface area contributed by atoms with Gasteiger partial charge in [0.2, 0.25) is 0 Å². The average molecular weight is 824 g/mol. The summed E-state index contributed by atoms with van der Waals surface area (Å²) in [5.41, 5.74) is 4.09. The number of nitrogens with zero attached hydrogens (tertiary/aromatic N) is 6. The minimum Gasteiger partial charge on any atom is -0.458 e. The SMILES string of the molecule is CC[C@H]1OC(=O)[C@H](C)C(=O)[C@H](C)[C@@H](O[C@@H]2OC(C)CC(N(C)C)C2O)[C@](C)(OC)C[C@@H](C)C(=O)[C@H](C)[C@H]2N(CC#CCn3cc(-c4cccc(N)n4)nn3)C(=O)O[C@]12C. The molecule has 324 valence electrons. The molecule has 59 heavy (non-hydrogen) atoms. The molecule has 3 aliphatic rings. The van der Waals surface area contributed by atoms with Crippen LogP contribution in [0, 0.1) is 35.5 Å². The van der Waals surface area contributed by atoms with Gasteiger partial charge >= 0.3 is 12.1 Å². The van der Waals surface area contributed by atoms with E-state index in [-0.39, 0.29) is 43.9 Å². The first kappa shape index (κ1) is 45.6. The molecule has 0 spiro atoms. The highest BCUT2D eigenvalue weighted by Crippen LogP contribution is 2.43. The van der Waals surface area contributed by atoms with E-state index < -0.39 is 83.4 Å². The summed E-state index contributed by atoms with van der Waals surface area (Å²) in [5, 5.41) is 19.7. The molecule has 17 nitrogen and oxygen atoms in total. The number of hydrogen-bond acceptors (Lipinski definition) is 15. The standard InChI is InChI=1S/C42H61N7O10/c1-12-31-42(8)36(49(40(54)59-42)19-14-13-18-48-22-29(45-46-48)28-16-15-17-32(43)44-28)25(4)33(50)23(2)21-41(7,55-11)37(26(5)34(51)27(6)38(53)57-31)58-39-35(52)30(47(9)10)20-24(3)56-39/h15-17,22-27,30-31,35-37,39,52H,12,18-21H2,1-11H3,(H2,43,44)/t23-,24?,25+,26+,27-,30?,31-,35?,36-,37-,39+,41-,42-/m1/s1. The second-order valence-corrected chi connectivity index (χ2v) is 16.9. The molecule has 0 aromatic carbocycles. The second kappa shape index (κ2) is 18.4. The molecule has 0 saturated carbocycles. The fourth-order valence-corrected chi connectivity index (χ4v) is 9.01. The molecule has 3 fully saturated rings. The number of aliphatic hydroxyl groups excluding tert-OH is 1. The van der Waals surface area contributed by atoms with Gasteiger partial charge in [-0.1, -0.05) is 50.8 Å². The van der Waals surface area contributed by atoms with Crippen LogP contribution in [0.15, 0.2) is 24.4 Å². The molecule has 5 rings (SSSR count). The lowest BCUT2D eigenvalue weighted by Crippen LogP contribution is -2.60. The molecule has 3 saturated heterocycles. The number of amides is 1. The highest BCUT2D eigenvalue weighted by Gasteiger charge is 2.60. The number of fused-ring (bicyclic) bond motifs is 1. The number of aliphatic hydroxyl groups is 1. The van der Waals surface area contributed by atoms with E-state index >= 15 is 0 Å². The number of anilines is 1. The number of ether oxygens (including phenoxy) is 5. The Balaban J connectivity index is 1.47. The summed E-state index contributed by atoms with van der Waals surface area (Å²) in [6.45, 7) is 13.7. The molecule has 0 aliphatic carbocycles. The smallest absolute Gasteiger partial charge is 0.411 e. The van der Waals surface area contributed by atoms with Crippen LogP contribution in [-0.4, -0.2) is 140 Å². The number of pyridine rings is 1. The van der Waals surface area contributed by atoms with Crippen molar-refractivity contribution in [3.8, 4) is 23.2 Å². The van der Waals surface area contributed by atoms with Crippen LogP contribution < -0.4 is 5.73 Å². The van der Waals surface area contributed by atoms with Gasteiger partial charge in [-0.2, -0.15) is 0 Å². The van der Waals surface area contributed by atoms with E-state index in [4.69, 9.17) is 29.4 Å². The summed E-state index contributed by atoms with van der Waals surface area (Å²) in [6, 6.07) is 3.99. The van der Waals surface area contributed by atoms with Gasteiger partial charge in [0.05, 0.1) is 42.3 Å². The van der Waals surface area contributed by atoms with E-state index in [1.165, 1.54) is 23.6 Å². The van der Waals surface area contributed by atoms with Crippen LogP contribution >= 0.6 is 0 Å². The fraction of sp³-hybridized carbons (Fsp3) is 0.690. The molecule has 0 bridgehead atoms. The van der Waals surface area contributed by atoms with Crippen molar-refractivity contribution in [2.75, 3.05) is 33.5 Å². The molecule has 13 atom stereocenters. The van der Waals surface area contributed by atoms with Crippen molar-refractivity contribution in [3.05, 3.63) is 24.4 Å². The largest absolute Gasteiger partial charge is 0.458 e. The van der Waals surface area contributed by atoms with Crippen LogP contribution in [0.3, 0.4) is 0 Å². The maximum atomic E-state index is 14.7. The summed E-state index contributed by atoms with van der Waals surface area (Å²) < 4.78 is 32.6. The molecule has 3 aliphatic heterocycles. The van der Waals surface area contributed by atoms with Crippen LogP contribution in [0.2, 0.25) is 0 Å². The van der Waals surface area contributed by atoms with Crippen LogP contribution in [-0.2, 0) is 44.6 Å². The van der Waals surface area contributed by atoms with E-state index in [1.54, 1.807) is 65.9 Å². The summed E-state index contributed by atoms with van der Waals surface area (Å²) >= 11 is 0. The van der Waals surface area contributed by atoms with Gasteiger partial charge in [-0.25, -0.2) is 14.5 Å². The van der Waals surface area contributed by atoms with Crippen LogP contribution in [0.25, 0.3) is 11.4 Å². The highest BCUT2D eigenvalue weighted by molar-refractivity contribution is 6.00. The Morgan fingerprint density at radius 3 is 2.36 bits per heavy atom. The zero-order valence-corrected chi connectivity index (χ0v) is 36.1. The molecular formula is C42H61N7O10. The third-order valence-corrected chi connectivity index (χ3v) is 12.3. The summed E-state index contributed by atoms with van der Waals surface area (Å²) in [5.74, 6) is 1.09. The third-order valence-electron chi connectivity index (χ3n) is 12.3. The van der Waals surface area contributed by atoms with Gasteiger partial charge in [-0.15, -0.1) is 5.10 Å². The number of rotatable bonds is 8. The molecule has 1 amide bonds. The van der Waals surface area contributed by atoms with Gasteiger partial charge in [-0.3, -0.25) is 19.3 Å². The van der Waals surface area contributed by atoms with Gasteiger partial charge < -0.3 is 39.4 Å². The number of likely N-dealkylation sites (N-methyl/N-ethyl adjacent to an activating group) is 1. The Labute approximate surface area is 346 Å². The third kappa shape index (κ3) is 9.47. The van der Waals surface area contributed by atoms with Gasteiger partial charge in [0.1, 0.15) is 42.0 Å². The van der Waals surface area contributed by atoms with Crippen molar-refractivity contribution < 1.29 is 48.0 Å². The number of nitrogens with two attached hydrogens (primary N) is 1. The number of nitrogen functional groups attached to an aromatic ring is 1. The van der Waals surface area contributed by atoms with Gasteiger partial charge in [0.15, 0.2) is 17.7 Å². The number of carbonyl (C=O) groups is 4. The number of esters is 1. The van der Waals surface area contributed by atoms with Crippen LogP contribution in [0.4, 0.5) is 10.6 Å². The van der Waals surface area contributed by atoms with Crippen molar-refractivity contribution in [1.29, 1.82) is 0 Å². The topological polar surface area (TPSA) is 211 Å².